The molecule has 3 aromatic rings. The zero-order chi connectivity index (χ0) is 20.3. The molecule has 0 aliphatic carbocycles. The molecule has 0 atom stereocenters. The Morgan fingerprint density at radius 2 is 1.57 bits per heavy atom. The Morgan fingerprint density at radius 1 is 0.929 bits per heavy atom. The molecule has 5 heteroatoms. The Bertz CT molecular complexity index is 971. The Labute approximate surface area is 166 Å². The minimum absolute atomic E-state index is 0.0186. The average Bonchev–Trinajstić information content (AvgIpc) is 2.66. The number of hydrogen-bond acceptors (Lipinski definition) is 5. The highest BCUT2D eigenvalue weighted by Crippen LogP contribution is 2.27. The van der Waals surface area contributed by atoms with E-state index in [1.807, 2.05) is 70.2 Å². The van der Waals surface area contributed by atoms with Crippen molar-refractivity contribution in [1.29, 1.82) is 0 Å². The first-order valence-corrected chi connectivity index (χ1v) is 9.42. The van der Waals surface area contributed by atoms with Gasteiger partial charge in [0.05, 0.1) is 0 Å². The van der Waals surface area contributed by atoms with E-state index in [2.05, 4.69) is 27.5 Å². The third kappa shape index (κ3) is 4.55. The molecule has 0 saturated heterocycles. The van der Waals surface area contributed by atoms with E-state index in [1.54, 1.807) is 6.20 Å². The van der Waals surface area contributed by atoms with Gasteiger partial charge >= 0.3 is 0 Å². The predicted molar refractivity (Wildman–Crippen MR) is 115 cm³/mol. The second-order valence-electron chi connectivity index (χ2n) is 7.39. The molecule has 0 amide bonds. The Hall–Kier alpha value is -3.21. The third-order valence-electron chi connectivity index (χ3n) is 4.56. The molecule has 5 nitrogen and oxygen atoms in total. The summed E-state index contributed by atoms with van der Waals surface area (Å²) in [7, 11) is 0. The van der Waals surface area contributed by atoms with Crippen molar-refractivity contribution in [3.63, 3.8) is 0 Å². The van der Waals surface area contributed by atoms with Gasteiger partial charge in [-0.2, -0.15) is 4.98 Å². The maximum Gasteiger partial charge on any atom is 0.229 e. The molecule has 0 saturated carbocycles. The van der Waals surface area contributed by atoms with Crippen LogP contribution < -0.4 is 10.6 Å². The van der Waals surface area contributed by atoms with Crippen LogP contribution in [0.2, 0.25) is 0 Å². The van der Waals surface area contributed by atoms with E-state index in [0.717, 1.165) is 28.1 Å². The van der Waals surface area contributed by atoms with Gasteiger partial charge < -0.3 is 10.6 Å². The quantitative estimate of drug-likeness (QED) is 0.540. The Kier molecular flexibility index (Phi) is 5.73. The molecule has 0 fully saturated rings. The van der Waals surface area contributed by atoms with Gasteiger partial charge in [0.15, 0.2) is 5.78 Å². The molecule has 3 rings (SSSR count). The highest BCUT2D eigenvalue weighted by molar-refractivity contribution is 5.98. The van der Waals surface area contributed by atoms with Gasteiger partial charge in [0.2, 0.25) is 5.95 Å². The van der Waals surface area contributed by atoms with Gasteiger partial charge in [-0.1, -0.05) is 31.5 Å². The molecule has 1 aromatic heterocycles. The summed E-state index contributed by atoms with van der Waals surface area (Å²) >= 11 is 0. The summed E-state index contributed by atoms with van der Waals surface area (Å²) in [5, 5.41) is 6.58. The number of carbonyl (C=O) groups excluding carboxylic acids is 1. The van der Waals surface area contributed by atoms with Crippen LogP contribution in [0.15, 0.2) is 48.7 Å². The summed E-state index contributed by atoms with van der Waals surface area (Å²) in [5.41, 5.74) is 5.87. The number of nitrogens with zero attached hydrogens (tertiary/aromatic N) is 2. The van der Waals surface area contributed by atoms with E-state index in [4.69, 9.17) is 0 Å². The lowest BCUT2D eigenvalue weighted by atomic mass is 9.96. The normalized spacial score (nSPS) is 10.8. The topological polar surface area (TPSA) is 66.9 Å². The number of ketones is 1. The smallest absolute Gasteiger partial charge is 0.229 e. The highest BCUT2D eigenvalue weighted by Gasteiger charge is 2.14. The van der Waals surface area contributed by atoms with Crippen molar-refractivity contribution in [2.75, 3.05) is 10.6 Å². The molecule has 28 heavy (non-hydrogen) atoms. The first kappa shape index (κ1) is 19.5. The fourth-order valence-electron chi connectivity index (χ4n) is 3.02. The van der Waals surface area contributed by atoms with Crippen LogP contribution in [0.5, 0.6) is 0 Å². The number of hydrogen-bond donors (Lipinski definition) is 2. The minimum Gasteiger partial charge on any atom is -0.340 e. The molecule has 144 valence electrons. The van der Waals surface area contributed by atoms with Crippen LogP contribution in [0.3, 0.4) is 0 Å². The molecular formula is C23H26N4O. The SMILES string of the molecule is Cc1ccc(Nc2nccc(Nc3c(C)cc(C(=O)C(C)C)cc3C)n2)cc1. The van der Waals surface area contributed by atoms with E-state index in [9.17, 15) is 4.79 Å². The van der Waals surface area contributed by atoms with Crippen LogP contribution in [-0.4, -0.2) is 15.8 Å². The van der Waals surface area contributed by atoms with Gasteiger partial charge in [-0.15, -0.1) is 0 Å². The van der Waals surface area contributed by atoms with Gasteiger partial charge in [0.1, 0.15) is 5.82 Å². The minimum atomic E-state index is -0.0186. The molecule has 0 bridgehead atoms. The molecule has 0 spiro atoms. The summed E-state index contributed by atoms with van der Waals surface area (Å²) in [6.07, 6.45) is 1.72. The first-order chi connectivity index (χ1) is 13.3. The van der Waals surface area contributed by atoms with Crippen molar-refractivity contribution < 1.29 is 4.79 Å². The second-order valence-corrected chi connectivity index (χ2v) is 7.39. The summed E-state index contributed by atoms with van der Waals surface area (Å²) in [4.78, 5) is 21.2. The lowest BCUT2D eigenvalue weighted by molar-refractivity contribution is 0.0939. The summed E-state index contributed by atoms with van der Waals surface area (Å²) < 4.78 is 0. The first-order valence-electron chi connectivity index (χ1n) is 9.42. The maximum atomic E-state index is 12.3. The van der Waals surface area contributed by atoms with Crippen LogP contribution >= 0.6 is 0 Å². The summed E-state index contributed by atoms with van der Waals surface area (Å²) in [5.74, 6) is 1.36. The molecule has 0 unspecified atom stereocenters. The van der Waals surface area contributed by atoms with Crippen molar-refractivity contribution in [2.24, 2.45) is 5.92 Å². The molecule has 1 heterocycles. The Morgan fingerprint density at radius 3 is 2.18 bits per heavy atom. The zero-order valence-corrected chi connectivity index (χ0v) is 17.0. The molecule has 0 radical (unpaired) electrons. The van der Waals surface area contributed by atoms with Crippen molar-refractivity contribution in [3.05, 3.63) is 70.9 Å². The third-order valence-corrected chi connectivity index (χ3v) is 4.56. The van der Waals surface area contributed by atoms with Crippen molar-refractivity contribution in [3.8, 4) is 0 Å². The molecule has 2 aromatic carbocycles. The number of rotatable bonds is 6. The number of aryl methyl sites for hydroxylation is 3. The average molecular weight is 374 g/mol. The fourth-order valence-corrected chi connectivity index (χ4v) is 3.02. The number of aromatic nitrogens is 2. The molecule has 2 N–H and O–H groups in total. The van der Waals surface area contributed by atoms with Crippen molar-refractivity contribution >= 4 is 28.9 Å². The molecule has 0 aliphatic rings. The van der Waals surface area contributed by atoms with Crippen molar-refractivity contribution in [1.82, 2.24) is 9.97 Å². The number of benzene rings is 2. The van der Waals surface area contributed by atoms with Crippen LogP contribution in [-0.2, 0) is 0 Å². The number of anilines is 4. The lowest BCUT2D eigenvalue weighted by Gasteiger charge is -2.15. The summed E-state index contributed by atoms with van der Waals surface area (Å²) in [6.45, 7) is 9.89. The second kappa shape index (κ2) is 8.21. The number of Topliss-reactive ketones (excluding diaryl/α,β-unsaturated/α-hetero) is 1. The van der Waals surface area contributed by atoms with Gasteiger partial charge in [-0.25, -0.2) is 4.98 Å². The Balaban J connectivity index is 1.82. The fraction of sp³-hybridized carbons (Fsp3) is 0.261. The van der Waals surface area contributed by atoms with Gasteiger partial charge in [-0.3, -0.25) is 4.79 Å². The van der Waals surface area contributed by atoms with Gasteiger partial charge in [0, 0.05) is 29.1 Å². The maximum absolute atomic E-state index is 12.3. The largest absolute Gasteiger partial charge is 0.340 e. The van der Waals surface area contributed by atoms with Crippen molar-refractivity contribution in [2.45, 2.75) is 34.6 Å². The van der Waals surface area contributed by atoms with E-state index >= 15 is 0 Å². The summed E-state index contributed by atoms with van der Waals surface area (Å²) in [6, 6.07) is 13.8. The van der Waals surface area contributed by atoms with E-state index in [0.29, 0.717) is 11.8 Å². The number of carbonyl (C=O) groups is 1. The standard InChI is InChI=1S/C23H26N4O/c1-14(2)22(28)18-12-16(4)21(17(5)13-18)26-20-10-11-24-23(27-20)25-19-8-6-15(3)7-9-19/h6-14H,1-5H3,(H2,24,25,26,27). The van der Waals surface area contributed by atoms with E-state index < -0.39 is 0 Å². The van der Waals surface area contributed by atoms with E-state index in [-0.39, 0.29) is 11.7 Å². The van der Waals surface area contributed by atoms with Gasteiger partial charge in [-0.05, 0) is 62.2 Å². The predicted octanol–water partition coefficient (Wildman–Crippen LogP) is 5.73. The number of nitrogens with one attached hydrogen (secondary N) is 2. The van der Waals surface area contributed by atoms with Crippen LogP contribution in [0.25, 0.3) is 0 Å². The van der Waals surface area contributed by atoms with Gasteiger partial charge in [0.25, 0.3) is 0 Å². The van der Waals surface area contributed by atoms with Crippen LogP contribution in [0.1, 0.15) is 40.9 Å². The zero-order valence-electron chi connectivity index (χ0n) is 17.0. The highest BCUT2D eigenvalue weighted by atomic mass is 16.1. The lowest BCUT2D eigenvalue weighted by Crippen LogP contribution is -2.09. The van der Waals surface area contributed by atoms with Crippen LogP contribution in [0, 0.1) is 26.7 Å². The molecule has 0 aliphatic heterocycles. The monoisotopic (exact) mass is 374 g/mol. The van der Waals surface area contributed by atoms with E-state index in [1.165, 1.54) is 5.56 Å². The molecular weight excluding hydrogens is 348 g/mol. The van der Waals surface area contributed by atoms with Crippen LogP contribution in [0.4, 0.5) is 23.1 Å².